The highest BCUT2D eigenvalue weighted by atomic mass is 16.5. The van der Waals surface area contributed by atoms with E-state index in [9.17, 15) is 0 Å². The van der Waals surface area contributed by atoms with E-state index in [1.165, 1.54) is 5.56 Å². The van der Waals surface area contributed by atoms with Gasteiger partial charge >= 0.3 is 0 Å². The summed E-state index contributed by atoms with van der Waals surface area (Å²) in [6, 6.07) is 18.1. The Hall–Kier alpha value is -2.00. The largest absolute Gasteiger partial charge is 0.493 e. The summed E-state index contributed by atoms with van der Waals surface area (Å²) in [5, 5.41) is 3.31. The van der Waals surface area contributed by atoms with Gasteiger partial charge in [0, 0.05) is 13.0 Å². The Balaban J connectivity index is 1.66. The second-order valence-corrected chi connectivity index (χ2v) is 4.79. The zero-order valence-corrected chi connectivity index (χ0v) is 12.5. The Kier molecular flexibility index (Phi) is 6.62. The summed E-state index contributed by atoms with van der Waals surface area (Å²) in [6.45, 7) is 5.29. The van der Waals surface area contributed by atoms with Crippen LogP contribution >= 0.6 is 0 Å². The molecule has 1 N–H and O–H groups in total. The fraction of sp³-hybridized carbons (Fsp3) is 0.333. The standard InChI is InChI=1S/C18H23NO2/c1-2-19-15-16-8-6-11-18(14-16)21-13-7-12-20-17-9-4-3-5-10-17/h3-6,8-11,14,19H,2,7,12-13,15H2,1H3. The molecule has 0 saturated carbocycles. The molecule has 0 radical (unpaired) electrons. The number of hydrogen-bond acceptors (Lipinski definition) is 3. The van der Waals surface area contributed by atoms with E-state index in [0.29, 0.717) is 13.2 Å². The van der Waals surface area contributed by atoms with Gasteiger partial charge < -0.3 is 14.8 Å². The smallest absolute Gasteiger partial charge is 0.119 e. The van der Waals surface area contributed by atoms with Gasteiger partial charge in [-0.25, -0.2) is 0 Å². The Bertz CT molecular complexity index is 514. The van der Waals surface area contributed by atoms with Crippen molar-refractivity contribution in [3.63, 3.8) is 0 Å². The summed E-state index contributed by atoms with van der Waals surface area (Å²) in [6.07, 6.45) is 0.867. The van der Waals surface area contributed by atoms with Crippen LogP contribution in [0.25, 0.3) is 0 Å². The quantitative estimate of drug-likeness (QED) is 0.713. The minimum Gasteiger partial charge on any atom is -0.493 e. The summed E-state index contributed by atoms with van der Waals surface area (Å²) in [5.41, 5.74) is 1.25. The predicted molar refractivity (Wildman–Crippen MR) is 85.9 cm³/mol. The molecule has 0 aromatic heterocycles. The number of benzene rings is 2. The van der Waals surface area contributed by atoms with E-state index in [1.54, 1.807) is 0 Å². The molecule has 3 nitrogen and oxygen atoms in total. The molecule has 2 aromatic carbocycles. The normalized spacial score (nSPS) is 10.3. The third-order valence-corrected chi connectivity index (χ3v) is 3.05. The molecular weight excluding hydrogens is 262 g/mol. The zero-order chi connectivity index (χ0) is 14.8. The van der Waals surface area contributed by atoms with E-state index >= 15 is 0 Å². The maximum absolute atomic E-state index is 5.76. The molecule has 0 spiro atoms. The number of nitrogens with one attached hydrogen (secondary N) is 1. The summed E-state index contributed by atoms with van der Waals surface area (Å²) in [7, 11) is 0. The van der Waals surface area contributed by atoms with Crippen molar-refractivity contribution >= 4 is 0 Å². The molecule has 0 unspecified atom stereocenters. The van der Waals surface area contributed by atoms with Crippen LogP contribution in [0.4, 0.5) is 0 Å². The molecule has 0 aliphatic carbocycles. The van der Waals surface area contributed by atoms with E-state index in [0.717, 1.165) is 31.0 Å². The fourth-order valence-corrected chi connectivity index (χ4v) is 1.97. The second-order valence-electron chi connectivity index (χ2n) is 4.79. The highest BCUT2D eigenvalue weighted by Gasteiger charge is 1.97. The summed E-state index contributed by atoms with van der Waals surface area (Å²) < 4.78 is 11.4. The van der Waals surface area contributed by atoms with Gasteiger partial charge in [-0.05, 0) is 36.4 Å². The summed E-state index contributed by atoms with van der Waals surface area (Å²) in [4.78, 5) is 0. The molecule has 0 atom stereocenters. The van der Waals surface area contributed by atoms with Crippen LogP contribution in [0, 0.1) is 0 Å². The lowest BCUT2D eigenvalue weighted by molar-refractivity contribution is 0.247. The Morgan fingerprint density at radius 1 is 0.857 bits per heavy atom. The molecule has 0 aliphatic heterocycles. The van der Waals surface area contributed by atoms with Crippen LogP contribution < -0.4 is 14.8 Å². The lowest BCUT2D eigenvalue weighted by Crippen LogP contribution is -2.11. The van der Waals surface area contributed by atoms with Crippen molar-refractivity contribution in [3.05, 3.63) is 60.2 Å². The monoisotopic (exact) mass is 285 g/mol. The molecule has 0 aliphatic rings. The highest BCUT2D eigenvalue weighted by Crippen LogP contribution is 2.14. The zero-order valence-electron chi connectivity index (χ0n) is 12.5. The van der Waals surface area contributed by atoms with Crippen molar-refractivity contribution < 1.29 is 9.47 Å². The van der Waals surface area contributed by atoms with Crippen molar-refractivity contribution in [2.24, 2.45) is 0 Å². The third-order valence-electron chi connectivity index (χ3n) is 3.05. The van der Waals surface area contributed by atoms with Gasteiger partial charge in [0.15, 0.2) is 0 Å². The molecular formula is C18H23NO2. The average Bonchev–Trinajstić information content (AvgIpc) is 2.54. The first-order chi connectivity index (χ1) is 10.4. The van der Waals surface area contributed by atoms with Gasteiger partial charge in [-0.3, -0.25) is 0 Å². The lowest BCUT2D eigenvalue weighted by Gasteiger charge is -2.09. The van der Waals surface area contributed by atoms with E-state index in [2.05, 4.69) is 24.4 Å². The summed E-state index contributed by atoms with van der Waals surface area (Å²) in [5.74, 6) is 1.83. The van der Waals surface area contributed by atoms with Crippen LogP contribution in [0.2, 0.25) is 0 Å². The molecule has 0 heterocycles. The topological polar surface area (TPSA) is 30.5 Å². The molecule has 112 valence electrons. The predicted octanol–water partition coefficient (Wildman–Crippen LogP) is 3.64. The minimum absolute atomic E-state index is 0.664. The Morgan fingerprint density at radius 3 is 2.33 bits per heavy atom. The lowest BCUT2D eigenvalue weighted by atomic mass is 10.2. The average molecular weight is 285 g/mol. The molecule has 2 aromatic rings. The van der Waals surface area contributed by atoms with Crippen LogP contribution in [0.3, 0.4) is 0 Å². The SMILES string of the molecule is CCNCc1cccc(OCCCOc2ccccc2)c1. The fourth-order valence-electron chi connectivity index (χ4n) is 1.97. The van der Waals surface area contributed by atoms with Gasteiger partial charge in [0.05, 0.1) is 13.2 Å². The number of ether oxygens (including phenoxy) is 2. The Morgan fingerprint density at radius 2 is 1.57 bits per heavy atom. The van der Waals surface area contributed by atoms with Crippen molar-refractivity contribution in [3.8, 4) is 11.5 Å². The van der Waals surface area contributed by atoms with Gasteiger partial charge in [0.2, 0.25) is 0 Å². The molecule has 0 bridgehead atoms. The molecule has 2 rings (SSSR count). The first kappa shape index (κ1) is 15.4. The van der Waals surface area contributed by atoms with Crippen molar-refractivity contribution in [2.45, 2.75) is 19.9 Å². The van der Waals surface area contributed by atoms with Gasteiger partial charge in [0.1, 0.15) is 11.5 Å². The van der Waals surface area contributed by atoms with Crippen LogP contribution in [-0.2, 0) is 6.54 Å². The number of hydrogen-bond donors (Lipinski definition) is 1. The van der Waals surface area contributed by atoms with E-state index in [-0.39, 0.29) is 0 Å². The minimum atomic E-state index is 0.664. The number of para-hydroxylation sites is 1. The first-order valence-corrected chi connectivity index (χ1v) is 7.49. The van der Waals surface area contributed by atoms with Crippen molar-refractivity contribution in [1.29, 1.82) is 0 Å². The first-order valence-electron chi connectivity index (χ1n) is 7.49. The van der Waals surface area contributed by atoms with Gasteiger partial charge in [-0.2, -0.15) is 0 Å². The second kappa shape index (κ2) is 9.03. The number of rotatable bonds is 9. The van der Waals surface area contributed by atoms with E-state index < -0.39 is 0 Å². The van der Waals surface area contributed by atoms with Gasteiger partial charge in [0.25, 0.3) is 0 Å². The van der Waals surface area contributed by atoms with Crippen LogP contribution in [0.5, 0.6) is 11.5 Å². The van der Waals surface area contributed by atoms with Crippen LogP contribution in [0.15, 0.2) is 54.6 Å². The van der Waals surface area contributed by atoms with E-state index in [4.69, 9.17) is 9.47 Å². The van der Waals surface area contributed by atoms with Crippen LogP contribution in [-0.4, -0.2) is 19.8 Å². The maximum Gasteiger partial charge on any atom is 0.119 e. The van der Waals surface area contributed by atoms with Gasteiger partial charge in [-0.15, -0.1) is 0 Å². The molecule has 21 heavy (non-hydrogen) atoms. The van der Waals surface area contributed by atoms with Crippen molar-refractivity contribution in [2.75, 3.05) is 19.8 Å². The van der Waals surface area contributed by atoms with E-state index in [1.807, 2.05) is 42.5 Å². The molecule has 0 saturated heterocycles. The third kappa shape index (κ3) is 5.88. The van der Waals surface area contributed by atoms with Gasteiger partial charge in [-0.1, -0.05) is 37.3 Å². The Labute approximate surface area is 126 Å². The maximum atomic E-state index is 5.76. The molecule has 0 fully saturated rings. The highest BCUT2D eigenvalue weighted by molar-refractivity contribution is 5.28. The summed E-state index contributed by atoms with van der Waals surface area (Å²) >= 11 is 0. The van der Waals surface area contributed by atoms with Crippen LogP contribution in [0.1, 0.15) is 18.9 Å². The molecule has 3 heteroatoms. The van der Waals surface area contributed by atoms with Crippen molar-refractivity contribution in [1.82, 2.24) is 5.32 Å². The molecule has 0 amide bonds.